The highest BCUT2D eigenvalue weighted by Gasteiger charge is 2.06. The lowest BCUT2D eigenvalue weighted by atomic mass is 10.1. The fraction of sp³-hybridized carbons (Fsp3) is 0.571. The monoisotopic (exact) mass is 221 g/mol. The summed E-state index contributed by atoms with van der Waals surface area (Å²) in [5.41, 5.74) is 1.28. The average Bonchev–Trinajstić information content (AvgIpc) is 2.29. The minimum Gasteiger partial charge on any atom is -0.491 e. The van der Waals surface area contributed by atoms with Crippen LogP contribution in [0, 0.1) is 0 Å². The summed E-state index contributed by atoms with van der Waals surface area (Å²) < 4.78 is 5.80. The van der Waals surface area contributed by atoms with Crippen molar-refractivity contribution in [2.24, 2.45) is 0 Å². The van der Waals surface area contributed by atoms with Crippen molar-refractivity contribution in [2.75, 3.05) is 6.54 Å². The molecule has 1 aromatic carbocycles. The molecule has 90 valence electrons. The fourth-order valence-electron chi connectivity index (χ4n) is 1.60. The Morgan fingerprint density at radius 1 is 1.25 bits per heavy atom. The van der Waals surface area contributed by atoms with E-state index in [0.29, 0.717) is 6.04 Å². The summed E-state index contributed by atoms with van der Waals surface area (Å²) in [6, 6.07) is 8.72. The van der Waals surface area contributed by atoms with E-state index >= 15 is 0 Å². The van der Waals surface area contributed by atoms with Gasteiger partial charge in [0.15, 0.2) is 0 Å². The molecule has 0 aliphatic carbocycles. The first-order chi connectivity index (χ1) is 7.67. The Balaban J connectivity index is 2.70. The van der Waals surface area contributed by atoms with Crippen LogP contribution in [0.2, 0.25) is 0 Å². The molecule has 0 heterocycles. The first-order valence-corrected chi connectivity index (χ1v) is 6.17. The molecule has 2 nitrogen and oxygen atoms in total. The van der Waals surface area contributed by atoms with E-state index in [-0.39, 0.29) is 6.10 Å². The molecule has 16 heavy (non-hydrogen) atoms. The summed E-state index contributed by atoms with van der Waals surface area (Å²) in [6.45, 7) is 9.51. The number of benzene rings is 1. The van der Waals surface area contributed by atoms with Crippen molar-refractivity contribution in [1.29, 1.82) is 0 Å². The summed E-state index contributed by atoms with van der Waals surface area (Å²) >= 11 is 0. The predicted molar refractivity (Wildman–Crippen MR) is 68.9 cm³/mol. The number of rotatable bonds is 6. The largest absolute Gasteiger partial charge is 0.491 e. The summed E-state index contributed by atoms with van der Waals surface area (Å²) in [5, 5.41) is 3.40. The zero-order valence-electron chi connectivity index (χ0n) is 10.8. The standard InChI is InChI=1S/C14H23NO/c1-5-11(3)16-14-9-7-8-13(10-14)12(4)15-6-2/h7-12,15H,5-6H2,1-4H3/t11-,12+/m1/s1. The number of nitrogens with one attached hydrogen (secondary N) is 1. The molecule has 0 aromatic heterocycles. The molecule has 0 saturated heterocycles. The van der Waals surface area contributed by atoms with Crippen LogP contribution in [0.4, 0.5) is 0 Å². The third-order valence-corrected chi connectivity index (χ3v) is 2.78. The maximum atomic E-state index is 5.80. The van der Waals surface area contributed by atoms with Gasteiger partial charge in [-0.3, -0.25) is 0 Å². The molecule has 2 heteroatoms. The van der Waals surface area contributed by atoms with Crippen LogP contribution >= 0.6 is 0 Å². The average molecular weight is 221 g/mol. The molecule has 0 radical (unpaired) electrons. The summed E-state index contributed by atoms with van der Waals surface area (Å²) in [5.74, 6) is 0.969. The first kappa shape index (κ1) is 13.0. The van der Waals surface area contributed by atoms with Crippen molar-refractivity contribution < 1.29 is 4.74 Å². The van der Waals surface area contributed by atoms with Crippen LogP contribution in [-0.4, -0.2) is 12.6 Å². The van der Waals surface area contributed by atoms with Gasteiger partial charge in [0, 0.05) is 6.04 Å². The molecule has 0 unspecified atom stereocenters. The normalized spacial score (nSPS) is 14.5. The fourth-order valence-corrected chi connectivity index (χ4v) is 1.60. The van der Waals surface area contributed by atoms with Gasteiger partial charge in [-0.25, -0.2) is 0 Å². The van der Waals surface area contributed by atoms with Gasteiger partial charge in [0.05, 0.1) is 6.10 Å². The van der Waals surface area contributed by atoms with Crippen molar-refractivity contribution in [3.63, 3.8) is 0 Å². The van der Waals surface area contributed by atoms with Crippen molar-refractivity contribution in [2.45, 2.75) is 46.3 Å². The maximum absolute atomic E-state index is 5.80. The molecule has 0 amide bonds. The lowest BCUT2D eigenvalue weighted by Crippen LogP contribution is -2.18. The molecule has 0 fully saturated rings. The molecule has 0 spiro atoms. The van der Waals surface area contributed by atoms with Crippen molar-refractivity contribution in [3.05, 3.63) is 29.8 Å². The second-order valence-corrected chi connectivity index (χ2v) is 4.19. The number of ether oxygens (including phenoxy) is 1. The molecule has 0 bridgehead atoms. The molecule has 1 N–H and O–H groups in total. The van der Waals surface area contributed by atoms with Crippen LogP contribution in [0.1, 0.15) is 45.7 Å². The molecule has 0 aliphatic heterocycles. The van der Waals surface area contributed by atoms with Gasteiger partial charge in [-0.2, -0.15) is 0 Å². The van der Waals surface area contributed by atoms with Crippen LogP contribution < -0.4 is 10.1 Å². The SMILES string of the molecule is CCN[C@@H](C)c1cccc(O[C@H](C)CC)c1. The zero-order chi connectivity index (χ0) is 12.0. The van der Waals surface area contributed by atoms with Gasteiger partial charge in [0.2, 0.25) is 0 Å². The van der Waals surface area contributed by atoms with Gasteiger partial charge in [0.25, 0.3) is 0 Å². The highest BCUT2D eigenvalue weighted by molar-refractivity contribution is 5.30. The van der Waals surface area contributed by atoms with Crippen LogP contribution in [0.15, 0.2) is 24.3 Å². The Kier molecular flexibility index (Phi) is 5.33. The number of hydrogen-bond donors (Lipinski definition) is 1. The van der Waals surface area contributed by atoms with E-state index in [0.717, 1.165) is 18.7 Å². The third-order valence-electron chi connectivity index (χ3n) is 2.78. The highest BCUT2D eigenvalue weighted by Crippen LogP contribution is 2.20. The molecule has 2 atom stereocenters. The van der Waals surface area contributed by atoms with Gasteiger partial charge in [-0.05, 0) is 44.5 Å². The van der Waals surface area contributed by atoms with E-state index in [2.05, 4.69) is 51.2 Å². The van der Waals surface area contributed by atoms with Crippen LogP contribution in [0.3, 0.4) is 0 Å². The van der Waals surface area contributed by atoms with E-state index < -0.39 is 0 Å². The van der Waals surface area contributed by atoms with E-state index in [1.165, 1.54) is 5.56 Å². The molecule has 0 saturated carbocycles. The van der Waals surface area contributed by atoms with Gasteiger partial charge in [-0.1, -0.05) is 26.0 Å². The molecule has 1 rings (SSSR count). The van der Waals surface area contributed by atoms with Crippen molar-refractivity contribution in [3.8, 4) is 5.75 Å². The van der Waals surface area contributed by atoms with Crippen LogP contribution in [-0.2, 0) is 0 Å². The Bertz CT molecular complexity index is 311. The Morgan fingerprint density at radius 2 is 2.00 bits per heavy atom. The van der Waals surface area contributed by atoms with E-state index in [4.69, 9.17) is 4.74 Å². The Labute approximate surface area is 99.0 Å². The lowest BCUT2D eigenvalue weighted by Gasteiger charge is -2.16. The lowest BCUT2D eigenvalue weighted by molar-refractivity contribution is 0.217. The Morgan fingerprint density at radius 3 is 2.62 bits per heavy atom. The second-order valence-electron chi connectivity index (χ2n) is 4.19. The van der Waals surface area contributed by atoms with Gasteiger partial charge in [0.1, 0.15) is 5.75 Å². The summed E-state index contributed by atoms with van der Waals surface area (Å²) in [6.07, 6.45) is 1.32. The molecule has 0 aliphatic rings. The zero-order valence-corrected chi connectivity index (χ0v) is 10.8. The van der Waals surface area contributed by atoms with Gasteiger partial charge >= 0.3 is 0 Å². The van der Waals surface area contributed by atoms with Crippen LogP contribution in [0.5, 0.6) is 5.75 Å². The van der Waals surface area contributed by atoms with Crippen molar-refractivity contribution in [1.82, 2.24) is 5.32 Å². The first-order valence-electron chi connectivity index (χ1n) is 6.17. The van der Waals surface area contributed by atoms with Crippen molar-refractivity contribution >= 4 is 0 Å². The van der Waals surface area contributed by atoms with Crippen LogP contribution in [0.25, 0.3) is 0 Å². The Hall–Kier alpha value is -1.02. The summed E-state index contributed by atoms with van der Waals surface area (Å²) in [4.78, 5) is 0. The van der Waals surface area contributed by atoms with Gasteiger partial charge in [-0.15, -0.1) is 0 Å². The van der Waals surface area contributed by atoms with E-state index in [9.17, 15) is 0 Å². The van der Waals surface area contributed by atoms with E-state index in [1.807, 2.05) is 6.07 Å². The maximum Gasteiger partial charge on any atom is 0.120 e. The molecular formula is C14H23NO. The minimum absolute atomic E-state index is 0.282. The highest BCUT2D eigenvalue weighted by atomic mass is 16.5. The third kappa shape index (κ3) is 3.86. The quantitative estimate of drug-likeness (QED) is 0.793. The smallest absolute Gasteiger partial charge is 0.120 e. The minimum atomic E-state index is 0.282. The predicted octanol–water partition coefficient (Wildman–Crippen LogP) is 3.53. The molecular weight excluding hydrogens is 198 g/mol. The summed E-state index contributed by atoms with van der Waals surface area (Å²) in [7, 11) is 0. The van der Waals surface area contributed by atoms with E-state index in [1.54, 1.807) is 0 Å². The second kappa shape index (κ2) is 6.54. The molecule has 1 aromatic rings. The van der Waals surface area contributed by atoms with Gasteiger partial charge < -0.3 is 10.1 Å². The topological polar surface area (TPSA) is 21.3 Å². The number of hydrogen-bond acceptors (Lipinski definition) is 2.